The second-order valence-electron chi connectivity index (χ2n) is 7.22. The number of esters is 1. The summed E-state index contributed by atoms with van der Waals surface area (Å²) >= 11 is 6.00. The molecule has 0 heterocycles. The number of hydrogen-bond donors (Lipinski definition) is 2. The largest absolute Gasteiger partial charge is 0.495 e. The highest BCUT2D eigenvalue weighted by atomic mass is 35.5. The fourth-order valence-corrected chi connectivity index (χ4v) is 4.81. The molecule has 0 aliphatic heterocycles. The Labute approximate surface area is 202 Å². The standard InChI is InChI=1S/C24H23ClN2O6S/c1-32-21-13-10-18(25)15-22(21)34(30,31)27-20(14-16-6-4-3-5-7-16)23(28)26-19-11-8-17(9-12-19)24(29)33-2/h3-13,15,20,27H,14H2,1-2H3,(H,26,28)/t20-/m0/s1. The normalized spacial score (nSPS) is 12.0. The maximum absolute atomic E-state index is 13.2. The monoisotopic (exact) mass is 502 g/mol. The van der Waals surface area contributed by atoms with Crippen molar-refractivity contribution in [3.05, 3.63) is 88.9 Å². The Balaban J connectivity index is 1.88. The maximum Gasteiger partial charge on any atom is 0.337 e. The number of sulfonamides is 1. The molecule has 178 valence electrons. The fraction of sp³-hybridized carbons (Fsp3) is 0.167. The van der Waals surface area contributed by atoms with Crippen molar-refractivity contribution in [2.75, 3.05) is 19.5 Å². The Morgan fingerprint density at radius 1 is 0.971 bits per heavy atom. The molecule has 0 aliphatic rings. The van der Waals surface area contributed by atoms with E-state index in [4.69, 9.17) is 16.3 Å². The summed E-state index contributed by atoms with van der Waals surface area (Å²) in [6.07, 6.45) is 0.0923. The Kier molecular flexibility index (Phi) is 8.27. The molecule has 8 nitrogen and oxygen atoms in total. The van der Waals surface area contributed by atoms with E-state index in [-0.39, 0.29) is 22.1 Å². The first-order valence-corrected chi connectivity index (χ1v) is 12.0. The molecule has 0 unspecified atom stereocenters. The van der Waals surface area contributed by atoms with Gasteiger partial charge in [0, 0.05) is 10.7 Å². The molecule has 0 saturated carbocycles. The van der Waals surface area contributed by atoms with Crippen molar-refractivity contribution in [3.63, 3.8) is 0 Å². The molecular weight excluding hydrogens is 480 g/mol. The van der Waals surface area contributed by atoms with Gasteiger partial charge < -0.3 is 14.8 Å². The van der Waals surface area contributed by atoms with Crippen LogP contribution in [0.1, 0.15) is 15.9 Å². The first-order valence-electron chi connectivity index (χ1n) is 10.1. The van der Waals surface area contributed by atoms with Gasteiger partial charge in [-0.3, -0.25) is 4.79 Å². The number of amides is 1. The molecule has 1 atom stereocenters. The number of anilines is 1. The molecule has 0 fully saturated rings. The van der Waals surface area contributed by atoms with E-state index in [0.717, 1.165) is 5.56 Å². The zero-order valence-electron chi connectivity index (χ0n) is 18.4. The van der Waals surface area contributed by atoms with Crippen LogP contribution in [0.15, 0.2) is 77.7 Å². The van der Waals surface area contributed by atoms with E-state index in [1.54, 1.807) is 24.3 Å². The lowest BCUT2D eigenvalue weighted by atomic mass is 10.1. The van der Waals surface area contributed by atoms with Gasteiger partial charge >= 0.3 is 5.97 Å². The van der Waals surface area contributed by atoms with Gasteiger partial charge in [-0.25, -0.2) is 13.2 Å². The van der Waals surface area contributed by atoms with Gasteiger partial charge in [0.1, 0.15) is 16.7 Å². The van der Waals surface area contributed by atoms with Crippen LogP contribution in [0.4, 0.5) is 5.69 Å². The molecule has 0 saturated heterocycles. The van der Waals surface area contributed by atoms with Gasteiger partial charge in [0.25, 0.3) is 0 Å². The van der Waals surface area contributed by atoms with Gasteiger partial charge in [0.2, 0.25) is 15.9 Å². The third-order valence-electron chi connectivity index (χ3n) is 4.89. The number of ether oxygens (including phenoxy) is 2. The zero-order valence-corrected chi connectivity index (χ0v) is 20.0. The highest BCUT2D eigenvalue weighted by Crippen LogP contribution is 2.27. The quantitative estimate of drug-likeness (QED) is 0.432. The summed E-state index contributed by atoms with van der Waals surface area (Å²) in [5.74, 6) is -1.00. The van der Waals surface area contributed by atoms with Crippen molar-refractivity contribution in [3.8, 4) is 5.75 Å². The van der Waals surface area contributed by atoms with Crippen LogP contribution >= 0.6 is 11.6 Å². The highest BCUT2D eigenvalue weighted by Gasteiger charge is 2.28. The van der Waals surface area contributed by atoms with Crippen molar-refractivity contribution in [2.24, 2.45) is 0 Å². The van der Waals surface area contributed by atoms with Gasteiger partial charge in [0.15, 0.2) is 0 Å². The minimum atomic E-state index is -4.18. The fourth-order valence-electron chi connectivity index (χ4n) is 3.19. The average Bonchev–Trinajstić information content (AvgIpc) is 2.84. The van der Waals surface area contributed by atoms with Crippen molar-refractivity contribution >= 4 is 39.2 Å². The second-order valence-corrected chi connectivity index (χ2v) is 9.34. The molecule has 3 aromatic rings. The van der Waals surface area contributed by atoms with Gasteiger partial charge in [-0.1, -0.05) is 41.9 Å². The first kappa shape index (κ1) is 25.2. The molecule has 0 aromatic heterocycles. The summed E-state index contributed by atoms with van der Waals surface area (Å²) < 4.78 is 38.7. The Morgan fingerprint density at radius 2 is 1.65 bits per heavy atom. The van der Waals surface area contributed by atoms with E-state index in [1.165, 1.54) is 56.7 Å². The number of methoxy groups -OCH3 is 2. The van der Waals surface area contributed by atoms with Crippen LogP contribution < -0.4 is 14.8 Å². The number of halogens is 1. The van der Waals surface area contributed by atoms with E-state index in [0.29, 0.717) is 11.3 Å². The van der Waals surface area contributed by atoms with Gasteiger partial charge in [-0.05, 0) is 54.4 Å². The summed E-state index contributed by atoms with van der Waals surface area (Å²) in [7, 11) is -1.57. The molecule has 2 N–H and O–H groups in total. The topological polar surface area (TPSA) is 111 Å². The second kappa shape index (κ2) is 11.1. The van der Waals surface area contributed by atoms with Crippen molar-refractivity contribution in [2.45, 2.75) is 17.4 Å². The van der Waals surface area contributed by atoms with Crippen LogP contribution in [0, 0.1) is 0 Å². The number of benzene rings is 3. The van der Waals surface area contributed by atoms with Gasteiger partial charge in [-0.15, -0.1) is 0 Å². The molecule has 1 amide bonds. The maximum atomic E-state index is 13.2. The Morgan fingerprint density at radius 3 is 2.26 bits per heavy atom. The van der Waals surface area contributed by atoms with Crippen LogP contribution in [-0.4, -0.2) is 40.6 Å². The van der Waals surface area contributed by atoms with E-state index < -0.39 is 27.9 Å². The third-order valence-corrected chi connectivity index (χ3v) is 6.61. The predicted molar refractivity (Wildman–Crippen MR) is 129 cm³/mol. The first-order chi connectivity index (χ1) is 16.2. The molecule has 0 aliphatic carbocycles. The summed E-state index contributed by atoms with van der Waals surface area (Å²) in [6.45, 7) is 0. The summed E-state index contributed by atoms with van der Waals surface area (Å²) in [4.78, 5) is 24.6. The van der Waals surface area contributed by atoms with E-state index in [9.17, 15) is 18.0 Å². The summed E-state index contributed by atoms with van der Waals surface area (Å²) in [5, 5.41) is 2.89. The Hall–Kier alpha value is -3.40. The molecule has 34 heavy (non-hydrogen) atoms. The van der Waals surface area contributed by atoms with E-state index >= 15 is 0 Å². The average molecular weight is 503 g/mol. The van der Waals surface area contributed by atoms with Gasteiger partial charge in [0.05, 0.1) is 19.8 Å². The van der Waals surface area contributed by atoms with E-state index in [2.05, 4.69) is 14.8 Å². The van der Waals surface area contributed by atoms with Crippen molar-refractivity contribution in [1.29, 1.82) is 0 Å². The molecule has 0 bridgehead atoms. The van der Waals surface area contributed by atoms with Crippen LogP contribution in [0.25, 0.3) is 0 Å². The van der Waals surface area contributed by atoms with Crippen LogP contribution in [-0.2, 0) is 26.0 Å². The van der Waals surface area contributed by atoms with Crippen LogP contribution in [0.3, 0.4) is 0 Å². The lowest BCUT2D eigenvalue weighted by Crippen LogP contribution is -2.45. The molecule has 3 aromatic carbocycles. The molecule has 10 heteroatoms. The number of carbonyl (C=O) groups is 2. The van der Waals surface area contributed by atoms with Crippen molar-refractivity contribution in [1.82, 2.24) is 4.72 Å². The third kappa shape index (κ3) is 6.34. The van der Waals surface area contributed by atoms with Crippen LogP contribution in [0.2, 0.25) is 5.02 Å². The molecule has 0 radical (unpaired) electrons. The lowest BCUT2D eigenvalue weighted by molar-refractivity contribution is -0.117. The minimum absolute atomic E-state index is 0.0918. The Bertz CT molecular complexity index is 1260. The zero-order chi connectivity index (χ0) is 24.7. The smallest absolute Gasteiger partial charge is 0.337 e. The molecule has 0 spiro atoms. The summed E-state index contributed by atoms with van der Waals surface area (Å²) in [6, 6.07) is 18.1. The lowest BCUT2D eigenvalue weighted by Gasteiger charge is -2.20. The van der Waals surface area contributed by atoms with Gasteiger partial charge in [-0.2, -0.15) is 4.72 Å². The van der Waals surface area contributed by atoms with Crippen molar-refractivity contribution < 1.29 is 27.5 Å². The number of hydrogen-bond acceptors (Lipinski definition) is 6. The highest BCUT2D eigenvalue weighted by molar-refractivity contribution is 7.89. The number of nitrogens with one attached hydrogen (secondary N) is 2. The molecular formula is C24H23ClN2O6S. The predicted octanol–water partition coefficient (Wildman–Crippen LogP) is 3.66. The SMILES string of the molecule is COC(=O)c1ccc(NC(=O)[C@H](Cc2ccccc2)NS(=O)(=O)c2cc(Cl)ccc2OC)cc1. The number of carbonyl (C=O) groups excluding carboxylic acids is 2. The molecule has 3 rings (SSSR count). The minimum Gasteiger partial charge on any atom is -0.495 e. The van der Waals surface area contributed by atoms with E-state index in [1.807, 2.05) is 6.07 Å². The van der Waals surface area contributed by atoms with Crippen LogP contribution in [0.5, 0.6) is 5.75 Å². The number of rotatable bonds is 9. The summed E-state index contributed by atoms with van der Waals surface area (Å²) in [5.41, 5.74) is 1.45.